The van der Waals surface area contributed by atoms with Gasteiger partial charge in [-0.15, -0.1) is 0 Å². The summed E-state index contributed by atoms with van der Waals surface area (Å²) < 4.78 is 4.81. The van der Waals surface area contributed by atoms with E-state index in [9.17, 15) is 4.79 Å². The molecular weight excluding hydrogens is 144 g/mol. The third kappa shape index (κ3) is 1.24. The average Bonchev–Trinajstić information content (AvgIpc) is 2.37. The molecule has 0 aliphatic carbocycles. The Labute approximate surface area is 64.4 Å². The number of amides is 1. The topological polar surface area (TPSA) is 69.1 Å². The maximum absolute atomic E-state index is 10.9. The third-order valence-corrected chi connectivity index (χ3v) is 1.67. The van der Waals surface area contributed by atoms with Crippen LogP contribution in [0.3, 0.4) is 0 Å². The average molecular weight is 154 g/mol. The van der Waals surface area contributed by atoms with Crippen LogP contribution in [0.25, 0.3) is 0 Å². The van der Waals surface area contributed by atoms with E-state index in [0.717, 1.165) is 0 Å². The number of carbonyl (C=O) groups excluding carboxylic acids is 1. The fourth-order valence-electron chi connectivity index (χ4n) is 0.660. The summed E-state index contributed by atoms with van der Waals surface area (Å²) in [5, 5.41) is 3.49. The summed E-state index contributed by atoms with van der Waals surface area (Å²) in [4.78, 5) is 10.9. The van der Waals surface area contributed by atoms with E-state index >= 15 is 0 Å². The highest BCUT2D eigenvalue weighted by atomic mass is 16.5. The first-order chi connectivity index (χ1) is 5.05. The third-order valence-electron chi connectivity index (χ3n) is 1.67. The minimum absolute atomic E-state index is 0.422. The second kappa shape index (κ2) is 2.38. The molecule has 4 heteroatoms. The van der Waals surface area contributed by atoms with Gasteiger partial charge in [0.05, 0.1) is 6.20 Å². The van der Waals surface area contributed by atoms with Gasteiger partial charge >= 0.3 is 0 Å². The molecule has 0 aliphatic rings. The van der Waals surface area contributed by atoms with Crippen LogP contribution in [-0.4, -0.2) is 11.1 Å². The van der Waals surface area contributed by atoms with Gasteiger partial charge < -0.3 is 10.3 Å². The van der Waals surface area contributed by atoms with Crippen molar-refractivity contribution in [2.45, 2.75) is 19.3 Å². The van der Waals surface area contributed by atoms with Gasteiger partial charge in [-0.05, 0) is 13.8 Å². The van der Waals surface area contributed by atoms with Crippen LogP contribution < -0.4 is 5.73 Å². The molecule has 2 N–H and O–H groups in total. The Hall–Kier alpha value is -1.32. The predicted molar refractivity (Wildman–Crippen MR) is 38.7 cm³/mol. The van der Waals surface area contributed by atoms with E-state index in [4.69, 9.17) is 10.3 Å². The molecule has 0 atom stereocenters. The lowest BCUT2D eigenvalue weighted by atomic mass is 9.90. The number of hydrogen-bond acceptors (Lipinski definition) is 3. The molecule has 1 aromatic rings. The second-order valence-corrected chi connectivity index (χ2v) is 2.87. The summed E-state index contributed by atoms with van der Waals surface area (Å²) in [7, 11) is 0. The first-order valence-electron chi connectivity index (χ1n) is 3.26. The maximum Gasteiger partial charge on any atom is 0.230 e. The van der Waals surface area contributed by atoms with E-state index in [0.29, 0.717) is 5.76 Å². The Bertz CT molecular complexity index is 251. The summed E-state index contributed by atoms with van der Waals surface area (Å²) >= 11 is 0. The lowest BCUT2D eigenvalue weighted by Gasteiger charge is -2.15. The molecule has 1 amide bonds. The van der Waals surface area contributed by atoms with E-state index in [1.807, 2.05) is 0 Å². The van der Waals surface area contributed by atoms with E-state index in [1.165, 1.54) is 6.20 Å². The van der Waals surface area contributed by atoms with E-state index in [-0.39, 0.29) is 0 Å². The molecule has 0 aliphatic heterocycles. The summed E-state index contributed by atoms with van der Waals surface area (Å²) in [6.45, 7) is 3.38. The maximum atomic E-state index is 10.9. The first kappa shape index (κ1) is 7.78. The quantitative estimate of drug-likeness (QED) is 0.671. The Morgan fingerprint density at radius 2 is 2.36 bits per heavy atom. The van der Waals surface area contributed by atoms with Crippen molar-refractivity contribution >= 4 is 5.91 Å². The Kier molecular flexibility index (Phi) is 1.68. The lowest BCUT2D eigenvalue weighted by Crippen LogP contribution is -2.35. The van der Waals surface area contributed by atoms with Gasteiger partial charge in [0.25, 0.3) is 0 Å². The summed E-state index contributed by atoms with van der Waals surface area (Å²) in [6, 6.07) is 1.63. The van der Waals surface area contributed by atoms with Gasteiger partial charge in [-0.1, -0.05) is 5.16 Å². The molecule has 0 unspecified atom stereocenters. The molecule has 0 spiro atoms. The molecule has 0 aromatic carbocycles. The van der Waals surface area contributed by atoms with Crippen LogP contribution in [0.15, 0.2) is 16.8 Å². The molecule has 11 heavy (non-hydrogen) atoms. The zero-order valence-corrected chi connectivity index (χ0v) is 6.50. The van der Waals surface area contributed by atoms with E-state index in [1.54, 1.807) is 19.9 Å². The van der Waals surface area contributed by atoms with Gasteiger partial charge in [-0.25, -0.2) is 0 Å². The van der Waals surface area contributed by atoms with Crippen molar-refractivity contribution in [1.82, 2.24) is 5.16 Å². The smallest absolute Gasteiger partial charge is 0.230 e. The fourth-order valence-corrected chi connectivity index (χ4v) is 0.660. The van der Waals surface area contributed by atoms with Crippen LogP contribution in [0.5, 0.6) is 0 Å². The number of carbonyl (C=O) groups is 1. The normalized spacial score (nSPS) is 11.5. The van der Waals surface area contributed by atoms with E-state index in [2.05, 4.69) is 5.16 Å². The summed E-state index contributed by atoms with van der Waals surface area (Å²) in [6.07, 6.45) is 1.49. The van der Waals surface area contributed by atoms with Crippen LogP contribution in [0.1, 0.15) is 19.6 Å². The molecule has 0 radical (unpaired) electrons. The predicted octanol–water partition coefficient (Wildman–Crippen LogP) is 0.438. The number of hydrogen-bond donors (Lipinski definition) is 1. The summed E-state index contributed by atoms with van der Waals surface area (Å²) in [5.41, 5.74) is 4.37. The van der Waals surface area contributed by atoms with Gasteiger partial charge in [-0.3, -0.25) is 4.79 Å². The molecular formula is C7H10N2O2. The molecule has 60 valence electrons. The minimum atomic E-state index is -0.767. The lowest BCUT2D eigenvalue weighted by molar-refractivity contribution is -0.123. The van der Waals surface area contributed by atoms with Crippen molar-refractivity contribution in [2.24, 2.45) is 5.73 Å². The van der Waals surface area contributed by atoms with E-state index < -0.39 is 11.3 Å². The zero-order valence-electron chi connectivity index (χ0n) is 6.50. The van der Waals surface area contributed by atoms with Crippen molar-refractivity contribution < 1.29 is 9.32 Å². The molecule has 4 nitrogen and oxygen atoms in total. The molecule has 0 fully saturated rings. The number of aromatic nitrogens is 1. The molecule has 0 saturated carbocycles. The minimum Gasteiger partial charge on any atom is -0.369 e. The van der Waals surface area contributed by atoms with Crippen LogP contribution in [0, 0.1) is 0 Å². The molecule has 1 aromatic heterocycles. The van der Waals surface area contributed by atoms with Crippen molar-refractivity contribution in [3.05, 3.63) is 18.0 Å². The first-order valence-corrected chi connectivity index (χ1v) is 3.26. The number of nitrogens with zero attached hydrogens (tertiary/aromatic N) is 1. The van der Waals surface area contributed by atoms with Crippen molar-refractivity contribution in [3.8, 4) is 0 Å². The Morgan fingerprint density at radius 3 is 2.73 bits per heavy atom. The van der Waals surface area contributed by atoms with Crippen molar-refractivity contribution in [1.29, 1.82) is 0 Å². The largest absolute Gasteiger partial charge is 0.369 e. The SMILES string of the molecule is CC(C)(C(N)=O)c1ccno1. The molecule has 0 saturated heterocycles. The monoisotopic (exact) mass is 154 g/mol. The van der Waals surface area contributed by atoms with Crippen molar-refractivity contribution in [3.63, 3.8) is 0 Å². The Morgan fingerprint density at radius 1 is 1.73 bits per heavy atom. The molecule has 0 bridgehead atoms. The highest BCUT2D eigenvalue weighted by Gasteiger charge is 2.30. The van der Waals surface area contributed by atoms with Crippen LogP contribution >= 0.6 is 0 Å². The summed E-state index contributed by atoms with van der Waals surface area (Å²) in [5.74, 6) is 0.0688. The van der Waals surface area contributed by atoms with Gasteiger partial charge in [0.1, 0.15) is 5.41 Å². The fraction of sp³-hybridized carbons (Fsp3) is 0.429. The highest BCUT2D eigenvalue weighted by Crippen LogP contribution is 2.21. The number of primary amides is 1. The van der Waals surface area contributed by atoms with Crippen LogP contribution in [-0.2, 0) is 10.2 Å². The van der Waals surface area contributed by atoms with Gasteiger partial charge in [0, 0.05) is 6.07 Å². The second-order valence-electron chi connectivity index (χ2n) is 2.87. The number of rotatable bonds is 2. The van der Waals surface area contributed by atoms with Gasteiger partial charge in [0.2, 0.25) is 5.91 Å². The number of nitrogens with two attached hydrogens (primary N) is 1. The zero-order chi connectivity index (χ0) is 8.48. The van der Waals surface area contributed by atoms with Crippen molar-refractivity contribution in [2.75, 3.05) is 0 Å². The van der Waals surface area contributed by atoms with Gasteiger partial charge in [0.15, 0.2) is 5.76 Å². The molecule has 1 rings (SSSR count). The molecule has 1 heterocycles. The van der Waals surface area contributed by atoms with Gasteiger partial charge in [-0.2, -0.15) is 0 Å². The van der Waals surface area contributed by atoms with Crippen LogP contribution in [0.2, 0.25) is 0 Å². The highest BCUT2D eigenvalue weighted by molar-refractivity contribution is 5.84. The Balaban J connectivity index is 3.00. The standard InChI is InChI=1S/C7H10N2O2/c1-7(2,6(8)10)5-3-4-9-11-5/h3-4H,1-2H3,(H2,8,10). The van der Waals surface area contributed by atoms with Crippen LogP contribution in [0.4, 0.5) is 0 Å².